The first-order chi connectivity index (χ1) is 18.7. The molecule has 0 unspecified atom stereocenters. The first-order valence-corrected chi connectivity index (χ1v) is 14.7. The lowest BCUT2D eigenvalue weighted by atomic mass is 9.86. The summed E-state index contributed by atoms with van der Waals surface area (Å²) in [5.74, 6) is 0.215. The number of amides is 2. The van der Waals surface area contributed by atoms with E-state index in [0.717, 1.165) is 44.1 Å². The van der Waals surface area contributed by atoms with Crippen molar-refractivity contribution in [3.63, 3.8) is 0 Å². The van der Waals surface area contributed by atoms with Gasteiger partial charge in [-0.3, -0.25) is 9.59 Å². The minimum Gasteiger partial charge on any atom is -0.493 e. The number of ether oxygens (including phenoxy) is 2. The van der Waals surface area contributed by atoms with Crippen LogP contribution in [0.25, 0.3) is 0 Å². The van der Waals surface area contributed by atoms with Gasteiger partial charge in [-0.1, -0.05) is 31.3 Å². The Hall–Kier alpha value is -2.15. The molecule has 1 saturated carbocycles. The largest absolute Gasteiger partial charge is 0.493 e. The molecule has 10 heteroatoms. The third kappa shape index (κ3) is 8.18. The second-order valence-electron chi connectivity index (χ2n) is 10.4. The van der Waals surface area contributed by atoms with Crippen LogP contribution in [0.1, 0.15) is 64.4 Å². The van der Waals surface area contributed by atoms with E-state index in [1.54, 1.807) is 29.2 Å². The quantitative estimate of drug-likeness (QED) is 0.173. The molecular formula is C29H41IN2O7. The monoisotopic (exact) mass is 656 g/mol. The molecule has 0 saturated heterocycles. The molecule has 1 aromatic rings. The van der Waals surface area contributed by atoms with Gasteiger partial charge in [-0.25, -0.2) is 0 Å². The van der Waals surface area contributed by atoms with Crippen molar-refractivity contribution in [2.24, 2.45) is 0 Å². The molecule has 1 aromatic carbocycles. The van der Waals surface area contributed by atoms with Crippen molar-refractivity contribution in [2.45, 2.75) is 89.7 Å². The fraction of sp³-hybridized carbons (Fsp3) is 0.586. The fourth-order valence-corrected chi connectivity index (χ4v) is 6.13. The number of allylic oxidation sites excluding steroid dienone is 1. The highest BCUT2D eigenvalue weighted by atomic mass is 127. The topological polar surface area (TPSA) is 129 Å². The third-order valence-corrected chi connectivity index (χ3v) is 7.98. The number of hydrogen-bond donors (Lipinski definition) is 4. The predicted octanol–water partition coefficient (Wildman–Crippen LogP) is 3.23. The normalized spacial score (nSPS) is 21.8. The van der Waals surface area contributed by atoms with Crippen molar-refractivity contribution in [3.8, 4) is 11.5 Å². The van der Waals surface area contributed by atoms with Crippen molar-refractivity contribution in [1.29, 1.82) is 0 Å². The van der Waals surface area contributed by atoms with Gasteiger partial charge in [0.1, 0.15) is 12.2 Å². The van der Waals surface area contributed by atoms with E-state index in [9.17, 15) is 24.9 Å². The van der Waals surface area contributed by atoms with Crippen LogP contribution in [0.3, 0.4) is 0 Å². The molecule has 0 heterocycles. The average molecular weight is 657 g/mol. The van der Waals surface area contributed by atoms with E-state index in [-0.39, 0.29) is 44.0 Å². The fourth-order valence-electron chi connectivity index (χ4n) is 5.33. The second kappa shape index (κ2) is 15.0. The van der Waals surface area contributed by atoms with Crippen LogP contribution in [0, 0.1) is 3.57 Å². The average Bonchev–Trinajstić information content (AvgIpc) is 3.19. The number of halogens is 1. The van der Waals surface area contributed by atoms with E-state index in [4.69, 9.17) is 9.47 Å². The molecule has 0 spiro atoms. The maximum Gasteiger partial charge on any atom is 0.247 e. The van der Waals surface area contributed by atoms with Gasteiger partial charge in [0.25, 0.3) is 0 Å². The number of aliphatic hydroxyl groups is 3. The summed E-state index contributed by atoms with van der Waals surface area (Å²) < 4.78 is 12.5. The minimum atomic E-state index is -1.12. The van der Waals surface area contributed by atoms with E-state index in [1.807, 2.05) is 13.8 Å². The van der Waals surface area contributed by atoms with Crippen LogP contribution in [0.2, 0.25) is 0 Å². The molecule has 2 amide bonds. The molecule has 1 fully saturated rings. The van der Waals surface area contributed by atoms with Gasteiger partial charge in [-0.05, 0) is 73.1 Å². The highest BCUT2D eigenvalue weighted by molar-refractivity contribution is 14.1. The SMILES string of the molecule is COc1cc(CO)cc(I)c1O[C@H]1C=C(C(=O)NCCO)C[C@@H](N(C(=O)C=C(C)C)C2CCCCCC2)[C@@H]1O. The van der Waals surface area contributed by atoms with Crippen molar-refractivity contribution in [1.82, 2.24) is 10.2 Å². The molecule has 9 nitrogen and oxygen atoms in total. The number of nitrogens with one attached hydrogen (secondary N) is 1. The van der Waals surface area contributed by atoms with Gasteiger partial charge in [0.15, 0.2) is 11.5 Å². The standard InChI is InChI=1S/C29H41IN2O7/c1-18(2)12-26(35)32(21-8-6-4-5-7-9-21)23-15-20(29(37)31-10-11-33)16-24(27(23)36)39-28-22(30)13-19(17-34)14-25(28)38-3/h12-14,16,21,23-24,27,33-34,36H,4-11,15,17H2,1-3H3,(H,31,37)/t23-,24+,27+/m1/s1. The number of nitrogens with zero attached hydrogens (tertiary/aromatic N) is 1. The Kier molecular flexibility index (Phi) is 12.1. The number of hydrogen-bond acceptors (Lipinski definition) is 7. The van der Waals surface area contributed by atoms with Gasteiger partial charge >= 0.3 is 0 Å². The van der Waals surface area contributed by atoms with Crippen molar-refractivity contribution in [3.05, 3.63) is 44.6 Å². The summed E-state index contributed by atoms with van der Waals surface area (Å²) >= 11 is 2.08. The van der Waals surface area contributed by atoms with Gasteiger partial charge in [0, 0.05) is 30.7 Å². The van der Waals surface area contributed by atoms with Crippen LogP contribution in [-0.4, -0.2) is 76.6 Å². The summed E-state index contributed by atoms with van der Waals surface area (Å²) in [7, 11) is 1.50. The zero-order valence-electron chi connectivity index (χ0n) is 23.0. The van der Waals surface area contributed by atoms with Gasteiger partial charge in [-0.15, -0.1) is 0 Å². The highest BCUT2D eigenvalue weighted by Gasteiger charge is 2.43. The second-order valence-corrected chi connectivity index (χ2v) is 11.6. The molecule has 4 N–H and O–H groups in total. The summed E-state index contributed by atoms with van der Waals surface area (Å²) in [6.07, 6.45) is 7.17. The first-order valence-electron chi connectivity index (χ1n) is 13.6. The van der Waals surface area contributed by atoms with E-state index < -0.39 is 18.2 Å². The Labute approximate surface area is 244 Å². The Morgan fingerprint density at radius 1 is 1.15 bits per heavy atom. The Morgan fingerprint density at radius 2 is 1.85 bits per heavy atom. The Balaban J connectivity index is 2.05. The molecule has 2 aliphatic rings. The summed E-state index contributed by atoms with van der Waals surface area (Å²) in [6.45, 7) is 3.45. The highest BCUT2D eigenvalue weighted by Crippen LogP contribution is 2.38. The van der Waals surface area contributed by atoms with Crippen molar-refractivity contribution in [2.75, 3.05) is 20.3 Å². The zero-order chi connectivity index (χ0) is 28.5. The minimum absolute atomic E-state index is 0.0609. The predicted molar refractivity (Wildman–Crippen MR) is 156 cm³/mol. The number of rotatable bonds is 10. The lowest BCUT2D eigenvalue weighted by Gasteiger charge is -2.44. The number of aliphatic hydroxyl groups excluding tert-OH is 3. The number of methoxy groups -OCH3 is 1. The van der Waals surface area contributed by atoms with E-state index >= 15 is 0 Å². The molecule has 0 radical (unpaired) electrons. The molecule has 3 atom stereocenters. The molecule has 39 heavy (non-hydrogen) atoms. The molecule has 0 bridgehead atoms. The summed E-state index contributed by atoms with van der Waals surface area (Å²) in [5, 5.41) is 33.3. The van der Waals surface area contributed by atoms with Gasteiger partial charge in [-0.2, -0.15) is 0 Å². The Morgan fingerprint density at radius 3 is 2.44 bits per heavy atom. The number of benzene rings is 1. The smallest absolute Gasteiger partial charge is 0.247 e. The van der Waals surface area contributed by atoms with E-state index in [0.29, 0.717) is 26.2 Å². The van der Waals surface area contributed by atoms with Crippen LogP contribution in [0.4, 0.5) is 0 Å². The molecular weight excluding hydrogens is 615 g/mol. The molecule has 0 aromatic heterocycles. The number of carbonyl (C=O) groups excluding carboxylic acids is 2. The van der Waals surface area contributed by atoms with Crippen LogP contribution < -0.4 is 14.8 Å². The van der Waals surface area contributed by atoms with Crippen molar-refractivity contribution < 1.29 is 34.4 Å². The summed E-state index contributed by atoms with van der Waals surface area (Å²) in [6, 6.07) is 2.68. The van der Waals surface area contributed by atoms with E-state index in [1.165, 1.54) is 7.11 Å². The van der Waals surface area contributed by atoms with Crippen LogP contribution in [0.5, 0.6) is 11.5 Å². The molecule has 0 aliphatic heterocycles. The van der Waals surface area contributed by atoms with Gasteiger partial charge < -0.3 is 35.0 Å². The summed E-state index contributed by atoms with van der Waals surface area (Å²) in [5.41, 5.74) is 1.89. The summed E-state index contributed by atoms with van der Waals surface area (Å²) in [4.78, 5) is 28.5. The maximum atomic E-state index is 13.6. The van der Waals surface area contributed by atoms with Gasteiger partial charge in [0.2, 0.25) is 11.8 Å². The zero-order valence-corrected chi connectivity index (χ0v) is 25.1. The molecule has 2 aliphatic carbocycles. The van der Waals surface area contributed by atoms with Gasteiger partial charge in [0.05, 0.1) is 29.9 Å². The molecule has 3 rings (SSSR count). The van der Waals surface area contributed by atoms with Crippen LogP contribution in [-0.2, 0) is 16.2 Å². The maximum absolute atomic E-state index is 13.6. The van der Waals surface area contributed by atoms with Crippen LogP contribution >= 0.6 is 22.6 Å². The lowest BCUT2D eigenvalue weighted by molar-refractivity contribution is -0.137. The number of carbonyl (C=O) groups is 2. The third-order valence-electron chi connectivity index (χ3n) is 7.18. The molecule has 216 valence electrons. The first kappa shape index (κ1) is 31.4. The van der Waals surface area contributed by atoms with Crippen LogP contribution in [0.15, 0.2) is 35.4 Å². The van der Waals surface area contributed by atoms with E-state index in [2.05, 4.69) is 27.9 Å². The lowest BCUT2D eigenvalue weighted by Crippen LogP contribution is -2.57. The Bertz CT molecular complexity index is 1060. The van der Waals surface area contributed by atoms with Crippen molar-refractivity contribution >= 4 is 34.4 Å².